The first-order chi connectivity index (χ1) is 20.6. The largest absolute Gasteiger partial charge is 0.452 e. The van der Waals surface area contributed by atoms with E-state index in [2.05, 4.69) is 21.3 Å². The first-order valence-corrected chi connectivity index (χ1v) is 17.1. The Labute approximate surface area is 263 Å². The van der Waals surface area contributed by atoms with Crippen LogP contribution in [-0.2, 0) is 23.7 Å². The van der Waals surface area contributed by atoms with Crippen molar-refractivity contribution in [2.75, 3.05) is 12.0 Å². The number of alkyl carbamates (subject to hydrolysis) is 1. The Morgan fingerprint density at radius 2 is 1.14 bits per heavy atom. The van der Waals surface area contributed by atoms with E-state index in [1.54, 1.807) is 81.4 Å². The third-order valence-electron chi connectivity index (χ3n) is 5.87. The van der Waals surface area contributed by atoms with Gasteiger partial charge in [0.05, 0.1) is 0 Å². The van der Waals surface area contributed by atoms with Crippen LogP contribution >= 0.6 is 19.4 Å². The van der Waals surface area contributed by atoms with E-state index in [4.69, 9.17) is 13.8 Å². The Hall–Kier alpha value is -3.70. The second-order valence-electron chi connectivity index (χ2n) is 11.0. The minimum Gasteiger partial charge on any atom is -0.444 e. The van der Waals surface area contributed by atoms with Gasteiger partial charge < -0.3 is 35.1 Å². The fourth-order valence-electron chi connectivity index (χ4n) is 3.59. The number of para-hydroxylation sites is 2. The van der Waals surface area contributed by atoms with Gasteiger partial charge in [0.25, 0.3) is 0 Å². The van der Waals surface area contributed by atoms with Crippen LogP contribution in [0, 0.1) is 0 Å². The fraction of sp³-hybridized carbons (Fsp3) is 0.467. The third-order valence-corrected chi connectivity index (χ3v) is 8.59. The average Bonchev–Trinajstić information content (AvgIpc) is 2.94. The molecule has 4 atom stereocenters. The standard InChI is InChI=1S/C30H43N4O8PS/c1-20(31-27(36)22(3)33-29(38)40-30(4,5)6)26(35)32-21(2)28(37)34-25(18-19-44-7)43(39,41-23-14-10-8-11-15-23)42-24-16-12-9-13-17-24/h8-17,20-22,25H,18-19H2,1-7H3,(H,31,36)(H,32,35)(H,33,38)(H,34,37)/t20-,21-,22-,25?/m0/s1. The molecule has 0 saturated heterocycles. The number of carbonyl (C=O) groups excluding carboxylic acids is 4. The molecular weight excluding hydrogens is 607 g/mol. The molecule has 0 radical (unpaired) electrons. The molecule has 242 valence electrons. The summed E-state index contributed by atoms with van der Waals surface area (Å²) in [7, 11) is -4.06. The zero-order valence-electron chi connectivity index (χ0n) is 26.1. The van der Waals surface area contributed by atoms with Crippen LogP contribution in [0.25, 0.3) is 0 Å². The maximum absolute atomic E-state index is 14.3. The van der Waals surface area contributed by atoms with Crippen molar-refractivity contribution in [2.24, 2.45) is 0 Å². The van der Waals surface area contributed by atoms with E-state index in [0.717, 1.165) is 0 Å². The van der Waals surface area contributed by atoms with Crippen molar-refractivity contribution in [3.05, 3.63) is 60.7 Å². The smallest absolute Gasteiger partial charge is 0.444 e. The monoisotopic (exact) mass is 650 g/mol. The van der Waals surface area contributed by atoms with Crippen LogP contribution in [0.5, 0.6) is 11.5 Å². The molecule has 1 unspecified atom stereocenters. The Morgan fingerprint density at radius 1 is 0.727 bits per heavy atom. The molecule has 0 heterocycles. The molecule has 12 nitrogen and oxygen atoms in total. The zero-order chi connectivity index (χ0) is 32.9. The summed E-state index contributed by atoms with van der Waals surface area (Å²) >= 11 is 1.50. The minimum atomic E-state index is -4.06. The summed E-state index contributed by atoms with van der Waals surface area (Å²) in [6.45, 7) is 9.42. The molecule has 0 spiro atoms. The predicted molar refractivity (Wildman–Crippen MR) is 171 cm³/mol. The van der Waals surface area contributed by atoms with Crippen molar-refractivity contribution >= 4 is 43.2 Å². The number of hydrogen-bond acceptors (Lipinski definition) is 9. The van der Waals surface area contributed by atoms with E-state index in [-0.39, 0.29) is 6.42 Å². The number of thioether (sulfide) groups is 1. The van der Waals surface area contributed by atoms with E-state index in [1.807, 2.05) is 6.26 Å². The van der Waals surface area contributed by atoms with Crippen LogP contribution < -0.4 is 30.3 Å². The van der Waals surface area contributed by atoms with Crippen LogP contribution in [0.2, 0.25) is 0 Å². The fourth-order valence-corrected chi connectivity index (χ4v) is 6.09. The number of benzene rings is 2. The van der Waals surface area contributed by atoms with E-state index < -0.39 is 60.9 Å². The average molecular weight is 651 g/mol. The molecule has 4 N–H and O–H groups in total. The molecule has 0 aromatic heterocycles. The van der Waals surface area contributed by atoms with Gasteiger partial charge in [-0.2, -0.15) is 11.8 Å². The zero-order valence-corrected chi connectivity index (χ0v) is 27.8. The van der Waals surface area contributed by atoms with E-state index in [9.17, 15) is 23.7 Å². The second kappa shape index (κ2) is 17.0. The highest BCUT2D eigenvalue weighted by molar-refractivity contribution is 7.98. The summed E-state index contributed by atoms with van der Waals surface area (Å²) < 4.78 is 31.3. The minimum absolute atomic E-state index is 0.250. The molecule has 0 aliphatic rings. The lowest BCUT2D eigenvalue weighted by Crippen LogP contribution is -2.55. The Kier molecular flexibility index (Phi) is 14.1. The molecular formula is C30H43N4O8PS. The molecule has 0 aliphatic heterocycles. The van der Waals surface area contributed by atoms with Crippen molar-refractivity contribution in [3.8, 4) is 11.5 Å². The van der Waals surface area contributed by atoms with Gasteiger partial charge >= 0.3 is 13.7 Å². The van der Waals surface area contributed by atoms with Crippen LogP contribution in [0.15, 0.2) is 60.7 Å². The van der Waals surface area contributed by atoms with Crippen LogP contribution in [0.1, 0.15) is 48.0 Å². The lowest BCUT2D eigenvalue weighted by atomic mass is 10.2. The van der Waals surface area contributed by atoms with Gasteiger partial charge in [-0.15, -0.1) is 0 Å². The Balaban J connectivity index is 2.10. The van der Waals surface area contributed by atoms with Crippen molar-refractivity contribution in [1.82, 2.24) is 21.3 Å². The van der Waals surface area contributed by atoms with Crippen molar-refractivity contribution in [1.29, 1.82) is 0 Å². The van der Waals surface area contributed by atoms with Crippen LogP contribution in [0.3, 0.4) is 0 Å². The normalized spacial score (nSPS) is 14.2. The van der Waals surface area contributed by atoms with Crippen molar-refractivity contribution in [3.63, 3.8) is 0 Å². The summed E-state index contributed by atoms with van der Waals surface area (Å²) in [5.41, 5.74) is -0.742. The number of amides is 4. The topological polar surface area (TPSA) is 161 Å². The van der Waals surface area contributed by atoms with Gasteiger partial charge in [0, 0.05) is 0 Å². The highest BCUT2D eigenvalue weighted by atomic mass is 32.2. The Bertz CT molecular complexity index is 1250. The lowest BCUT2D eigenvalue weighted by Gasteiger charge is -2.29. The summed E-state index contributed by atoms with van der Waals surface area (Å²) in [6.07, 6.45) is 1.35. The van der Waals surface area contributed by atoms with Gasteiger partial charge in [0.2, 0.25) is 17.7 Å². The lowest BCUT2D eigenvalue weighted by molar-refractivity contribution is -0.132. The van der Waals surface area contributed by atoms with Gasteiger partial charge in [-0.1, -0.05) is 36.4 Å². The highest BCUT2D eigenvalue weighted by Gasteiger charge is 2.41. The van der Waals surface area contributed by atoms with E-state index in [1.165, 1.54) is 32.5 Å². The molecule has 0 saturated carbocycles. The van der Waals surface area contributed by atoms with Crippen LogP contribution in [0.4, 0.5) is 4.79 Å². The predicted octanol–water partition coefficient (Wildman–Crippen LogP) is 4.46. The molecule has 2 aromatic carbocycles. The third kappa shape index (κ3) is 12.5. The molecule has 0 aliphatic carbocycles. The number of ether oxygens (including phenoxy) is 1. The summed E-state index contributed by atoms with van der Waals surface area (Å²) in [5, 5.41) is 10.2. The van der Waals surface area contributed by atoms with Gasteiger partial charge in [0.15, 0.2) is 5.78 Å². The SMILES string of the molecule is CSCCC(NC(=O)[C@H](C)NC(=O)[C@H](C)NC(=O)[C@H](C)NC(=O)OC(C)(C)C)P(=O)(Oc1ccccc1)Oc1ccccc1. The highest BCUT2D eigenvalue weighted by Crippen LogP contribution is 2.53. The quantitative estimate of drug-likeness (QED) is 0.204. The van der Waals surface area contributed by atoms with Gasteiger partial charge in [-0.3, -0.25) is 14.4 Å². The maximum Gasteiger partial charge on any atom is 0.452 e. The first-order valence-electron chi connectivity index (χ1n) is 14.1. The molecule has 0 bridgehead atoms. The second-order valence-corrected chi connectivity index (χ2v) is 14.0. The van der Waals surface area contributed by atoms with Crippen molar-refractivity contribution in [2.45, 2.75) is 77.5 Å². The van der Waals surface area contributed by atoms with E-state index in [0.29, 0.717) is 17.3 Å². The molecule has 2 aromatic rings. The molecule has 4 amide bonds. The summed E-state index contributed by atoms with van der Waals surface area (Å²) in [4.78, 5) is 50.6. The number of rotatable bonds is 15. The van der Waals surface area contributed by atoms with Gasteiger partial charge in [0.1, 0.15) is 35.2 Å². The van der Waals surface area contributed by atoms with E-state index >= 15 is 0 Å². The molecule has 14 heteroatoms. The number of carbonyl (C=O) groups is 4. The van der Waals surface area contributed by atoms with Gasteiger partial charge in [-0.05, 0) is 84.2 Å². The van der Waals surface area contributed by atoms with Crippen molar-refractivity contribution < 1.29 is 37.5 Å². The number of hydrogen-bond donors (Lipinski definition) is 4. The molecule has 0 fully saturated rings. The molecule has 44 heavy (non-hydrogen) atoms. The maximum atomic E-state index is 14.3. The summed E-state index contributed by atoms with van der Waals surface area (Å²) in [5.74, 6) is -1.81. The van der Waals surface area contributed by atoms with Crippen LogP contribution in [-0.4, -0.2) is 65.3 Å². The summed E-state index contributed by atoms with van der Waals surface area (Å²) in [6, 6.07) is 13.9. The Morgan fingerprint density at radius 3 is 1.55 bits per heavy atom. The van der Waals surface area contributed by atoms with Gasteiger partial charge in [-0.25, -0.2) is 9.36 Å². The molecule has 2 rings (SSSR count). The number of nitrogens with one attached hydrogen (secondary N) is 4. The first kappa shape index (κ1) is 36.5.